The molecule has 1 aliphatic heterocycles. The zero-order chi connectivity index (χ0) is 19.6. The van der Waals surface area contributed by atoms with Gasteiger partial charge in [0, 0.05) is 19.6 Å². The molecule has 150 valence electrons. The first-order valence-electron chi connectivity index (χ1n) is 10.1. The molecule has 0 saturated carbocycles. The number of carbonyl (C=O) groups is 2. The van der Waals surface area contributed by atoms with E-state index in [9.17, 15) is 9.59 Å². The van der Waals surface area contributed by atoms with E-state index in [0.29, 0.717) is 12.5 Å². The van der Waals surface area contributed by atoms with E-state index in [1.165, 1.54) is 0 Å². The van der Waals surface area contributed by atoms with Crippen molar-refractivity contribution in [1.82, 2.24) is 20.9 Å². The van der Waals surface area contributed by atoms with Gasteiger partial charge in [0.15, 0.2) is 0 Å². The van der Waals surface area contributed by atoms with Gasteiger partial charge in [-0.15, -0.1) is 0 Å². The summed E-state index contributed by atoms with van der Waals surface area (Å²) in [6, 6.07) is 8.95. The Hall–Kier alpha value is -2.08. The fourth-order valence-corrected chi connectivity index (χ4v) is 3.39. The number of nitrogens with one attached hydrogen (secondary N) is 3. The highest BCUT2D eigenvalue weighted by Gasteiger charge is 2.31. The van der Waals surface area contributed by atoms with Gasteiger partial charge in [-0.25, -0.2) is 4.79 Å². The highest BCUT2D eigenvalue weighted by Crippen LogP contribution is 2.18. The van der Waals surface area contributed by atoms with Crippen LogP contribution in [-0.2, 0) is 11.3 Å². The van der Waals surface area contributed by atoms with E-state index in [-0.39, 0.29) is 17.9 Å². The van der Waals surface area contributed by atoms with Crippen LogP contribution in [0.5, 0.6) is 0 Å². The molecule has 6 nitrogen and oxygen atoms in total. The Morgan fingerprint density at radius 2 is 1.81 bits per heavy atom. The van der Waals surface area contributed by atoms with Gasteiger partial charge < -0.3 is 20.9 Å². The summed E-state index contributed by atoms with van der Waals surface area (Å²) in [7, 11) is 0. The SMILES string of the molecule is CCNCC1CCN(C(=O)C(NC(=O)NCc2ccccc2)C(C)C)CC1. The first kappa shape index (κ1) is 21.2. The average molecular weight is 375 g/mol. The number of nitrogens with zero attached hydrogens (tertiary/aromatic N) is 1. The summed E-state index contributed by atoms with van der Waals surface area (Å²) >= 11 is 0. The molecule has 1 aromatic rings. The zero-order valence-corrected chi connectivity index (χ0v) is 16.8. The Morgan fingerprint density at radius 3 is 2.41 bits per heavy atom. The molecule has 1 unspecified atom stereocenters. The zero-order valence-electron chi connectivity index (χ0n) is 16.8. The second-order valence-electron chi connectivity index (χ2n) is 7.61. The minimum absolute atomic E-state index is 0.0294. The van der Waals surface area contributed by atoms with E-state index in [1.54, 1.807) is 0 Å². The second kappa shape index (κ2) is 10.9. The third kappa shape index (κ3) is 6.86. The van der Waals surface area contributed by atoms with Crippen LogP contribution in [0.25, 0.3) is 0 Å². The monoisotopic (exact) mass is 374 g/mol. The normalized spacial score (nSPS) is 16.2. The van der Waals surface area contributed by atoms with Gasteiger partial charge in [-0.05, 0) is 43.3 Å². The molecule has 0 bridgehead atoms. The number of amides is 3. The van der Waals surface area contributed by atoms with E-state index >= 15 is 0 Å². The Bertz CT molecular complexity index is 583. The third-order valence-corrected chi connectivity index (χ3v) is 5.12. The number of hydrogen-bond acceptors (Lipinski definition) is 3. The lowest BCUT2D eigenvalue weighted by atomic mass is 9.95. The molecule has 1 aliphatic rings. The molecular formula is C21H34N4O2. The summed E-state index contributed by atoms with van der Waals surface area (Å²) in [6.07, 6.45) is 2.04. The lowest BCUT2D eigenvalue weighted by Gasteiger charge is -2.35. The molecule has 0 aliphatic carbocycles. The van der Waals surface area contributed by atoms with Crippen LogP contribution in [0.3, 0.4) is 0 Å². The quantitative estimate of drug-likeness (QED) is 0.654. The van der Waals surface area contributed by atoms with Crippen molar-refractivity contribution in [3.05, 3.63) is 35.9 Å². The summed E-state index contributed by atoms with van der Waals surface area (Å²) in [5.74, 6) is 0.704. The lowest BCUT2D eigenvalue weighted by Crippen LogP contribution is -2.55. The minimum atomic E-state index is -0.494. The van der Waals surface area contributed by atoms with Crippen LogP contribution in [-0.4, -0.2) is 49.1 Å². The van der Waals surface area contributed by atoms with Crippen molar-refractivity contribution in [2.75, 3.05) is 26.2 Å². The van der Waals surface area contributed by atoms with Gasteiger partial charge in [-0.3, -0.25) is 4.79 Å². The van der Waals surface area contributed by atoms with Crippen LogP contribution < -0.4 is 16.0 Å². The smallest absolute Gasteiger partial charge is 0.315 e. The van der Waals surface area contributed by atoms with Crippen molar-refractivity contribution in [2.45, 2.75) is 46.2 Å². The first-order chi connectivity index (χ1) is 13.0. The molecule has 0 radical (unpaired) electrons. The largest absolute Gasteiger partial charge is 0.341 e. The maximum absolute atomic E-state index is 12.9. The number of carbonyl (C=O) groups excluding carboxylic acids is 2. The molecule has 0 aromatic heterocycles. The van der Waals surface area contributed by atoms with E-state index in [1.807, 2.05) is 49.1 Å². The molecular weight excluding hydrogens is 340 g/mol. The topological polar surface area (TPSA) is 73.5 Å². The average Bonchev–Trinajstić information content (AvgIpc) is 2.69. The van der Waals surface area contributed by atoms with Gasteiger partial charge >= 0.3 is 6.03 Å². The fourth-order valence-electron chi connectivity index (χ4n) is 3.39. The molecule has 2 rings (SSSR count). The van der Waals surface area contributed by atoms with E-state index in [4.69, 9.17) is 0 Å². The third-order valence-electron chi connectivity index (χ3n) is 5.12. The van der Waals surface area contributed by atoms with Gasteiger partial charge in [0.2, 0.25) is 5.91 Å². The Balaban J connectivity index is 1.83. The van der Waals surface area contributed by atoms with Gasteiger partial charge in [0.25, 0.3) is 0 Å². The highest BCUT2D eigenvalue weighted by atomic mass is 16.2. The first-order valence-corrected chi connectivity index (χ1v) is 10.1. The van der Waals surface area contributed by atoms with Crippen molar-refractivity contribution in [3.8, 4) is 0 Å². The molecule has 1 heterocycles. The predicted octanol–water partition coefficient (Wildman–Crippen LogP) is 2.36. The molecule has 1 atom stereocenters. The van der Waals surface area contributed by atoms with E-state index in [2.05, 4.69) is 22.9 Å². The van der Waals surface area contributed by atoms with Crippen LogP contribution in [0, 0.1) is 11.8 Å². The number of hydrogen-bond donors (Lipinski definition) is 3. The Morgan fingerprint density at radius 1 is 1.15 bits per heavy atom. The van der Waals surface area contributed by atoms with Gasteiger partial charge in [-0.2, -0.15) is 0 Å². The summed E-state index contributed by atoms with van der Waals surface area (Å²) in [5.41, 5.74) is 1.03. The molecule has 6 heteroatoms. The fraction of sp³-hybridized carbons (Fsp3) is 0.619. The molecule has 27 heavy (non-hydrogen) atoms. The van der Waals surface area contributed by atoms with Gasteiger partial charge in [0.1, 0.15) is 6.04 Å². The van der Waals surface area contributed by atoms with Gasteiger partial charge in [-0.1, -0.05) is 51.1 Å². The van der Waals surface area contributed by atoms with Crippen LogP contribution in [0.1, 0.15) is 39.2 Å². The number of urea groups is 1. The molecule has 3 N–H and O–H groups in total. The highest BCUT2D eigenvalue weighted by molar-refractivity contribution is 5.87. The van der Waals surface area contributed by atoms with Crippen LogP contribution in [0.15, 0.2) is 30.3 Å². The number of piperidine rings is 1. The summed E-state index contributed by atoms with van der Waals surface area (Å²) < 4.78 is 0. The van der Waals surface area contributed by atoms with Gasteiger partial charge in [0.05, 0.1) is 0 Å². The predicted molar refractivity (Wildman–Crippen MR) is 108 cm³/mol. The maximum Gasteiger partial charge on any atom is 0.315 e. The molecule has 0 spiro atoms. The van der Waals surface area contributed by atoms with Crippen LogP contribution in [0.4, 0.5) is 4.79 Å². The van der Waals surface area contributed by atoms with Crippen molar-refractivity contribution in [1.29, 1.82) is 0 Å². The number of likely N-dealkylation sites (tertiary alicyclic amines) is 1. The van der Waals surface area contributed by atoms with Crippen molar-refractivity contribution in [2.24, 2.45) is 11.8 Å². The summed E-state index contributed by atoms with van der Waals surface area (Å²) in [6.45, 7) is 10.0. The minimum Gasteiger partial charge on any atom is -0.341 e. The molecule has 1 fully saturated rings. The van der Waals surface area contributed by atoms with Crippen molar-refractivity contribution in [3.63, 3.8) is 0 Å². The van der Waals surface area contributed by atoms with Crippen LogP contribution >= 0.6 is 0 Å². The summed E-state index contributed by atoms with van der Waals surface area (Å²) in [5, 5.41) is 9.11. The number of benzene rings is 1. The van der Waals surface area contributed by atoms with E-state index in [0.717, 1.165) is 44.6 Å². The maximum atomic E-state index is 12.9. The van der Waals surface area contributed by atoms with E-state index < -0.39 is 6.04 Å². The number of rotatable bonds is 8. The lowest BCUT2D eigenvalue weighted by molar-refractivity contribution is -0.135. The summed E-state index contributed by atoms with van der Waals surface area (Å²) in [4.78, 5) is 27.1. The molecule has 3 amide bonds. The second-order valence-corrected chi connectivity index (χ2v) is 7.61. The molecule has 1 saturated heterocycles. The van der Waals surface area contributed by atoms with Crippen LogP contribution in [0.2, 0.25) is 0 Å². The van der Waals surface area contributed by atoms with Crippen molar-refractivity contribution >= 4 is 11.9 Å². The Kier molecular flexibility index (Phi) is 8.58. The van der Waals surface area contributed by atoms with Crippen molar-refractivity contribution < 1.29 is 9.59 Å². The standard InChI is InChI=1S/C21H34N4O2/c1-4-22-14-18-10-12-25(13-11-18)20(26)19(16(2)3)24-21(27)23-15-17-8-6-5-7-9-17/h5-9,16,18-19,22H,4,10-15H2,1-3H3,(H2,23,24,27). The molecule has 1 aromatic carbocycles. The Labute approximate surface area is 163 Å².